The van der Waals surface area contributed by atoms with Crippen LogP contribution in [0.5, 0.6) is 0 Å². The fraction of sp³-hybridized carbons (Fsp3) is 0.167. The molecule has 0 bridgehead atoms. The third-order valence-electron chi connectivity index (χ3n) is 5.05. The molecule has 0 spiro atoms. The molecule has 2 nitrogen and oxygen atoms in total. The molecular weight excluding hydrogens is 1560 g/mol. The first-order chi connectivity index (χ1) is 9.50. The number of sulfone groups is 1. The molecule has 0 fully saturated rings. The number of rotatable bonds is 1. The molecule has 0 saturated heterocycles. The van der Waals surface area contributed by atoms with Crippen molar-refractivity contribution in [1.29, 1.82) is 0 Å². The maximum absolute atomic E-state index is 12.4. The van der Waals surface area contributed by atoms with Crippen LogP contribution in [0.3, 0.4) is 0 Å². The van der Waals surface area contributed by atoms with E-state index in [0.717, 1.165) is 4.90 Å². The van der Waals surface area contributed by atoms with Crippen LogP contribution in [0.25, 0.3) is 10.8 Å². The van der Waals surface area contributed by atoms with Crippen molar-refractivity contribution < 1.29 is 265 Å². The summed E-state index contributed by atoms with van der Waals surface area (Å²) in [5.41, 5.74) is 1.65. The monoisotopic (exact) mass is 1580 g/mol. The zero-order chi connectivity index (χ0) is 16.3. The van der Waals surface area contributed by atoms with E-state index in [-0.39, 0.29) is 128 Å². The van der Waals surface area contributed by atoms with Crippen molar-refractivity contribution in [1.82, 2.24) is 0 Å². The zero-order valence-electron chi connectivity index (χ0n) is 14.2. The van der Waals surface area contributed by atoms with Crippen LogP contribution in [0.1, 0.15) is 5.56 Å². The molecule has 0 aliphatic carbocycles. The number of fused-ring (bicyclic) bond motifs is 1. The molecule has 0 amide bonds. The second kappa shape index (κ2) is 10.2. The van der Waals surface area contributed by atoms with Crippen LogP contribution in [0, 0.1) is 264 Å². The summed E-state index contributed by atoms with van der Waals surface area (Å²) in [7, 11) is -3.02. The van der Waals surface area contributed by atoms with Crippen molar-refractivity contribution in [3.8, 4) is 0 Å². The average molecular weight is 1580 g/mol. The van der Waals surface area contributed by atoms with Gasteiger partial charge in [-0.3, -0.25) is 0 Å². The predicted octanol–water partition coefficient (Wildman–Crippen LogP) is -4.01. The van der Waals surface area contributed by atoms with Gasteiger partial charge in [0.15, 0.2) is 0 Å². The van der Waals surface area contributed by atoms with E-state index >= 15 is 0 Å². The molecule has 21 heavy (non-hydrogen) atoms. The topological polar surface area (TPSA) is 34.1 Å². The normalized spacial score (nSPS) is 11.6. The molecule has 2 aromatic rings. The summed E-state index contributed by atoms with van der Waals surface area (Å²) in [4.78, 5) is 0.848. The molecule has 0 saturated carbocycles. The van der Waals surface area contributed by atoms with Crippen molar-refractivity contribution >= 4 is 24.2 Å². The third kappa shape index (κ3) is 5.39. The molecular formula is C12H12O2Ra6S. The van der Waals surface area contributed by atoms with E-state index in [0.29, 0.717) is 128 Å². The van der Waals surface area contributed by atoms with Gasteiger partial charge in [-0.25, -0.2) is 0 Å². The van der Waals surface area contributed by atoms with Crippen LogP contribution < -0.4 is 3.63 Å². The Morgan fingerprint density at radius 3 is 1.57 bits per heavy atom. The van der Waals surface area contributed by atoms with Gasteiger partial charge in [0.05, 0.1) is 0 Å². The van der Waals surface area contributed by atoms with Crippen molar-refractivity contribution in [3.63, 3.8) is 0 Å². The molecule has 2 rings (SSSR count). The molecule has 90 valence electrons. The van der Waals surface area contributed by atoms with E-state index in [2.05, 4.69) is 6.92 Å². The molecule has 2 aromatic carbocycles. The van der Waals surface area contributed by atoms with Gasteiger partial charge in [-0.2, -0.15) is 0 Å². The Morgan fingerprint density at radius 2 is 1.10 bits per heavy atom. The van der Waals surface area contributed by atoms with Gasteiger partial charge in [0.25, 0.3) is 0 Å². The Bertz CT molecular complexity index is 889. The Morgan fingerprint density at radius 1 is 0.667 bits per heavy atom. The van der Waals surface area contributed by atoms with Crippen LogP contribution in [-0.4, -0.2) is 14.7 Å². The van der Waals surface area contributed by atoms with E-state index in [4.69, 9.17) is 0 Å². The molecule has 0 radical (unpaired) electrons. The summed E-state index contributed by atoms with van der Waals surface area (Å²) in [6, 6.07) is 0. The first-order valence-electron chi connectivity index (χ1n) is 7.20. The van der Waals surface area contributed by atoms with Gasteiger partial charge in [0.2, 0.25) is 0 Å². The Balaban J connectivity index is 3.27. The van der Waals surface area contributed by atoms with Gasteiger partial charge in [-0.1, -0.05) is 0 Å². The molecule has 0 aliphatic rings. The number of hydrogen-bond acceptors (Lipinski definition) is 2. The van der Waals surface area contributed by atoms with Crippen LogP contribution in [0.4, 0.5) is 0 Å². The second-order valence-corrected chi connectivity index (χ2v) is 32.8. The molecule has 0 atom stereocenters. The molecule has 9 heteroatoms. The van der Waals surface area contributed by atoms with Crippen LogP contribution >= 0.6 is 0 Å². The van der Waals surface area contributed by atoms with Gasteiger partial charge >= 0.3 is 313 Å². The zero-order valence-corrected chi connectivity index (χ0v) is 64.4. The van der Waals surface area contributed by atoms with Crippen LogP contribution in [0.15, 0.2) is 4.90 Å². The molecule has 0 aromatic heterocycles. The quantitative estimate of drug-likeness (QED) is 0.293. The SMILES string of the molecule is Cc1[c]([RaH])[c]([RaH])c2[c]([RaH])c(S(C)(=O)=O)[c]([RaH])[c]([RaH])c2[c]1[RaH]. The summed E-state index contributed by atoms with van der Waals surface area (Å²) >= 11 is 1.51. The number of benzene rings is 2. The van der Waals surface area contributed by atoms with Crippen molar-refractivity contribution in [3.05, 3.63) is 5.56 Å². The fourth-order valence-electron chi connectivity index (χ4n) is 3.56. The Labute approximate surface area is 301 Å². The van der Waals surface area contributed by atoms with Crippen molar-refractivity contribution in [2.24, 2.45) is 0 Å². The van der Waals surface area contributed by atoms with Gasteiger partial charge in [-0.15, -0.1) is 0 Å². The standard InChI is InChI=1S/C12H6O2S.6Ra.6H/c1-9-3-4-11-8-12(15(2,13)14)6-5-10(11)7-9;;;;;;;;;;;;/h1-2H3;;;;;;;;;;;;. The summed E-state index contributed by atoms with van der Waals surface area (Å²) in [6.45, 7) is 2.36. The minimum atomic E-state index is -3.02. The van der Waals surface area contributed by atoms with E-state index in [1.165, 1.54) is 12.9 Å². The summed E-state index contributed by atoms with van der Waals surface area (Å²) in [6.07, 6.45) is 1.45. The summed E-state index contributed by atoms with van der Waals surface area (Å²) < 4.78 is 34.1. The third-order valence-corrected chi connectivity index (χ3v) is 74.0. The van der Waals surface area contributed by atoms with Gasteiger partial charge in [0, 0.05) is 0 Å². The molecule has 0 aliphatic heterocycles. The Kier molecular flexibility index (Phi) is 12.0. The molecule has 0 unspecified atom stereocenters. The average Bonchev–Trinajstić information content (AvgIpc) is 2.36. The summed E-state index contributed by atoms with van der Waals surface area (Å²) in [5.74, 6) is 0. The second-order valence-electron chi connectivity index (χ2n) is 6.23. The minimum absolute atomic E-state index is 0.0906. The first kappa shape index (κ1) is 24.7. The van der Waals surface area contributed by atoms with Crippen molar-refractivity contribution in [2.45, 2.75) is 11.8 Å². The van der Waals surface area contributed by atoms with Crippen LogP contribution in [0.2, 0.25) is 0 Å². The van der Waals surface area contributed by atoms with E-state index in [9.17, 15) is 8.42 Å². The number of hydrogen-bond donors (Lipinski definition) is 0. The van der Waals surface area contributed by atoms with Gasteiger partial charge < -0.3 is 0 Å². The van der Waals surface area contributed by atoms with E-state index in [1.54, 1.807) is 13.4 Å². The molecule has 0 heterocycles. The van der Waals surface area contributed by atoms with E-state index < -0.39 is 9.84 Å². The van der Waals surface area contributed by atoms with Gasteiger partial charge in [-0.05, 0) is 0 Å². The first-order valence-corrected chi connectivity index (χ1v) is 33.7. The Hall–Kier alpha value is 7.46. The molecule has 0 N–H and O–H groups in total. The van der Waals surface area contributed by atoms with Crippen LogP contribution in [-0.2, 0) is 9.84 Å². The fourth-order valence-corrected chi connectivity index (χ4v) is 69.7. The van der Waals surface area contributed by atoms with Gasteiger partial charge in [0.1, 0.15) is 0 Å². The maximum atomic E-state index is 12.4. The predicted molar refractivity (Wildman–Crippen MR) is 68.0 cm³/mol. The van der Waals surface area contributed by atoms with Crippen molar-refractivity contribution in [2.75, 3.05) is 6.26 Å². The van der Waals surface area contributed by atoms with E-state index in [1.807, 2.05) is 0 Å². The summed E-state index contributed by atoms with van der Waals surface area (Å²) in [5, 5.41) is 3.16.